The molecule has 0 aliphatic rings. The first-order valence-electron chi connectivity index (χ1n) is 4.56. The highest BCUT2D eigenvalue weighted by Crippen LogP contribution is 2.15. The monoisotopic (exact) mass is 291 g/mol. The molecular formula is C10H11BrFNO3. The smallest absolute Gasteiger partial charge is 0.254 e. The lowest BCUT2D eigenvalue weighted by Crippen LogP contribution is -2.40. The van der Waals surface area contributed by atoms with Crippen LogP contribution in [0.3, 0.4) is 0 Å². The second kappa shape index (κ2) is 5.93. The van der Waals surface area contributed by atoms with Crippen LogP contribution in [-0.4, -0.2) is 35.4 Å². The summed E-state index contributed by atoms with van der Waals surface area (Å²) in [5.41, 5.74) is -0.130. The quantitative estimate of drug-likeness (QED) is 0.764. The average Bonchev–Trinajstić information content (AvgIpc) is 2.25. The van der Waals surface area contributed by atoms with Crippen LogP contribution in [0, 0.1) is 5.82 Å². The Labute approximate surface area is 100 Å². The van der Waals surface area contributed by atoms with E-state index in [1.165, 1.54) is 18.2 Å². The number of benzene rings is 1. The van der Waals surface area contributed by atoms with E-state index in [1.54, 1.807) is 0 Å². The fourth-order valence-electron chi connectivity index (χ4n) is 1.09. The van der Waals surface area contributed by atoms with Crippen molar-refractivity contribution in [1.29, 1.82) is 0 Å². The summed E-state index contributed by atoms with van der Waals surface area (Å²) in [5, 5.41) is 19.8. The molecule has 0 aromatic heterocycles. The van der Waals surface area contributed by atoms with Crippen molar-refractivity contribution >= 4 is 21.8 Å². The Hall–Kier alpha value is -0.980. The Balaban J connectivity index is 2.80. The Bertz CT molecular complexity index is 382. The van der Waals surface area contributed by atoms with Gasteiger partial charge < -0.3 is 15.5 Å². The van der Waals surface area contributed by atoms with Crippen LogP contribution >= 0.6 is 15.9 Å². The minimum atomic E-state index is -0.782. The van der Waals surface area contributed by atoms with Gasteiger partial charge in [-0.1, -0.05) is 15.9 Å². The van der Waals surface area contributed by atoms with Crippen LogP contribution in [0.5, 0.6) is 0 Å². The van der Waals surface area contributed by atoms with Gasteiger partial charge >= 0.3 is 0 Å². The maximum atomic E-state index is 13.3. The molecule has 6 heteroatoms. The summed E-state index contributed by atoms with van der Waals surface area (Å²) in [5.74, 6) is -1.33. The third-order valence-electron chi connectivity index (χ3n) is 1.95. The molecule has 0 fully saturated rings. The maximum Gasteiger partial charge on any atom is 0.254 e. The van der Waals surface area contributed by atoms with Crippen molar-refractivity contribution in [2.75, 3.05) is 13.2 Å². The van der Waals surface area contributed by atoms with E-state index < -0.39 is 31.0 Å². The van der Waals surface area contributed by atoms with Gasteiger partial charge in [-0.15, -0.1) is 0 Å². The molecule has 1 amide bonds. The lowest BCUT2D eigenvalue weighted by molar-refractivity contribution is 0.0875. The lowest BCUT2D eigenvalue weighted by atomic mass is 10.2. The zero-order chi connectivity index (χ0) is 12.1. The number of hydrogen-bond donors (Lipinski definition) is 3. The number of amides is 1. The Morgan fingerprint density at radius 3 is 2.56 bits per heavy atom. The van der Waals surface area contributed by atoms with Crippen molar-refractivity contribution in [2.45, 2.75) is 6.04 Å². The van der Waals surface area contributed by atoms with E-state index in [4.69, 9.17) is 10.2 Å². The highest BCUT2D eigenvalue weighted by molar-refractivity contribution is 9.10. The fourth-order valence-corrected chi connectivity index (χ4v) is 1.42. The third kappa shape index (κ3) is 3.26. The molecular weight excluding hydrogens is 281 g/mol. The zero-order valence-corrected chi connectivity index (χ0v) is 9.87. The highest BCUT2D eigenvalue weighted by Gasteiger charge is 2.15. The molecule has 0 spiro atoms. The van der Waals surface area contributed by atoms with Crippen LogP contribution in [0.15, 0.2) is 22.7 Å². The predicted octanol–water partition coefficient (Wildman–Crippen LogP) is 0.671. The summed E-state index contributed by atoms with van der Waals surface area (Å²) in [6, 6.07) is 3.24. The van der Waals surface area contributed by atoms with Gasteiger partial charge in [-0.05, 0) is 18.2 Å². The van der Waals surface area contributed by atoms with Gasteiger partial charge in [-0.3, -0.25) is 4.79 Å². The number of hydrogen-bond acceptors (Lipinski definition) is 3. The molecule has 0 aliphatic heterocycles. The minimum Gasteiger partial charge on any atom is -0.394 e. The van der Waals surface area contributed by atoms with Gasteiger partial charge in [-0.25, -0.2) is 4.39 Å². The number of carbonyl (C=O) groups excluding carboxylic acids is 1. The molecule has 0 radical (unpaired) electrons. The second-order valence-corrected chi connectivity index (χ2v) is 4.08. The number of rotatable bonds is 4. The van der Waals surface area contributed by atoms with Crippen LogP contribution < -0.4 is 5.32 Å². The molecule has 16 heavy (non-hydrogen) atoms. The molecule has 1 rings (SSSR count). The van der Waals surface area contributed by atoms with Gasteiger partial charge in [0.15, 0.2) is 0 Å². The van der Waals surface area contributed by atoms with Crippen molar-refractivity contribution in [3.63, 3.8) is 0 Å². The highest BCUT2D eigenvalue weighted by atomic mass is 79.9. The summed E-state index contributed by atoms with van der Waals surface area (Å²) >= 11 is 3.07. The number of carbonyl (C=O) groups is 1. The average molecular weight is 292 g/mol. The first-order valence-corrected chi connectivity index (χ1v) is 5.35. The SMILES string of the molecule is O=C(NC(CO)CO)c1ccc(Br)cc1F. The molecule has 1 aromatic carbocycles. The van der Waals surface area contributed by atoms with E-state index in [1.807, 2.05) is 0 Å². The van der Waals surface area contributed by atoms with Crippen LogP contribution in [0.2, 0.25) is 0 Å². The number of aliphatic hydroxyl groups excluding tert-OH is 2. The molecule has 0 saturated carbocycles. The first-order chi connectivity index (χ1) is 7.58. The summed E-state index contributed by atoms with van der Waals surface area (Å²) in [7, 11) is 0. The van der Waals surface area contributed by atoms with Gasteiger partial charge in [0.25, 0.3) is 5.91 Å². The Morgan fingerprint density at radius 1 is 1.44 bits per heavy atom. The first kappa shape index (κ1) is 13.1. The summed E-state index contributed by atoms with van der Waals surface area (Å²) in [6.45, 7) is -0.805. The number of halogens is 2. The van der Waals surface area contributed by atoms with Crippen molar-refractivity contribution in [3.05, 3.63) is 34.1 Å². The Kier molecular flexibility index (Phi) is 4.85. The van der Waals surface area contributed by atoms with E-state index in [2.05, 4.69) is 21.2 Å². The third-order valence-corrected chi connectivity index (χ3v) is 2.45. The van der Waals surface area contributed by atoms with E-state index in [9.17, 15) is 9.18 Å². The van der Waals surface area contributed by atoms with Crippen molar-refractivity contribution < 1.29 is 19.4 Å². The summed E-state index contributed by atoms with van der Waals surface area (Å²) in [6.07, 6.45) is 0. The largest absolute Gasteiger partial charge is 0.394 e. The van der Waals surface area contributed by atoms with Crippen molar-refractivity contribution in [2.24, 2.45) is 0 Å². The molecule has 0 heterocycles. The van der Waals surface area contributed by atoms with Crippen LogP contribution in [0.1, 0.15) is 10.4 Å². The molecule has 0 bridgehead atoms. The lowest BCUT2D eigenvalue weighted by Gasteiger charge is -2.13. The molecule has 1 aromatic rings. The van der Waals surface area contributed by atoms with Gasteiger partial charge in [0.1, 0.15) is 5.82 Å². The zero-order valence-electron chi connectivity index (χ0n) is 8.28. The van der Waals surface area contributed by atoms with Gasteiger partial charge in [0, 0.05) is 4.47 Å². The molecule has 0 atom stereocenters. The normalized spacial score (nSPS) is 10.6. The topological polar surface area (TPSA) is 69.6 Å². The standard InChI is InChI=1S/C10H11BrFNO3/c11-6-1-2-8(9(12)3-6)10(16)13-7(4-14)5-15/h1-3,7,14-15H,4-5H2,(H,13,16). The summed E-state index contributed by atoms with van der Waals surface area (Å²) < 4.78 is 13.9. The predicted molar refractivity (Wildman–Crippen MR) is 59.5 cm³/mol. The van der Waals surface area contributed by atoms with Crippen LogP contribution in [0.4, 0.5) is 4.39 Å². The van der Waals surface area contributed by atoms with E-state index >= 15 is 0 Å². The molecule has 0 unspecified atom stereocenters. The fraction of sp³-hybridized carbons (Fsp3) is 0.300. The van der Waals surface area contributed by atoms with E-state index in [0.29, 0.717) is 4.47 Å². The van der Waals surface area contributed by atoms with Crippen LogP contribution in [-0.2, 0) is 0 Å². The molecule has 88 valence electrons. The molecule has 0 saturated heterocycles. The number of nitrogens with one attached hydrogen (secondary N) is 1. The van der Waals surface area contributed by atoms with Crippen LogP contribution in [0.25, 0.3) is 0 Å². The minimum absolute atomic E-state index is 0.130. The van der Waals surface area contributed by atoms with E-state index in [0.717, 1.165) is 0 Å². The molecule has 3 N–H and O–H groups in total. The summed E-state index contributed by atoms with van der Waals surface area (Å²) in [4.78, 5) is 11.5. The second-order valence-electron chi connectivity index (χ2n) is 3.16. The molecule has 0 aliphatic carbocycles. The molecule has 4 nitrogen and oxygen atoms in total. The van der Waals surface area contributed by atoms with Gasteiger partial charge in [0.05, 0.1) is 24.8 Å². The van der Waals surface area contributed by atoms with Crippen molar-refractivity contribution in [1.82, 2.24) is 5.32 Å². The maximum absolute atomic E-state index is 13.3. The van der Waals surface area contributed by atoms with Gasteiger partial charge in [0.2, 0.25) is 0 Å². The van der Waals surface area contributed by atoms with Gasteiger partial charge in [-0.2, -0.15) is 0 Å². The van der Waals surface area contributed by atoms with Crippen molar-refractivity contribution in [3.8, 4) is 0 Å². The Morgan fingerprint density at radius 2 is 2.06 bits per heavy atom. The number of aliphatic hydroxyl groups is 2. The van der Waals surface area contributed by atoms with E-state index in [-0.39, 0.29) is 5.56 Å².